The Balaban J connectivity index is 2.09. The number of sulfonamides is 1. The summed E-state index contributed by atoms with van der Waals surface area (Å²) in [6, 6.07) is 7.58. The highest BCUT2D eigenvalue weighted by Crippen LogP contribution is 2.43. The summed E-state index contributed by atoms with van der Waals surface area (Å²) in [4.78, 5) is 4.62. The number of hydrogen-bond donors (Lipinski definition) is 1. The number of alkyl halides is 1. The number of allylic oxidation sites excluding steroid dienone is 3. The fourth-order valence-electron chi connectivity index (χ4n) is 2.80. The van der Waals surface area contributed by atoms with Crippen molar-refractivity contribution in [2.45, 2.75) is 11.8 Å². The average Bonchev–Trinajstić information content (AvgIpc) is 2.46. The first-order valence-electron chi connectivity index (χ1n) is 6.53. The number of hydrogen-bond acceptors (Lipinski definition) is 3. The van der Waals surface area contributed by atoms with Crippen LogP contribution >= 0.6 is 11.6 Å². The van der Waals surface area contributed by atoms with E-state index in [2.05, 4.69) is 9.71 Å². The second-order valence-corrected chi connectivity index (χ2v) is 7.28. The van der Waals surface area contributed by atoms with Gasteiger partial charge in [0.05, 0.1) is 21.5 Å². The Hall–Kier alpha value is -1.85. The van der Waals surface area contributed by atoms with E-state index in [0.717, 1.165) is 10.9 Å². The fourth-order valence-corrected chi connectivity index (χ4v) is 4.38. The molecule has 1 N–H and O–H groups in total. The molecule has 0 spiro atoms. The van der Waals surface area contributed by atoms with Crippen LogP contribution in [-0.4, -0.2) is 18.8 Å². The van der Waals surface area contributed by atoms with Crippen LogP contribution in [0.3, 0.4) is 0 Å². The lowest BCUT2D eigenvalue weighted by Gasteiger charge is -2.27. The predicted octanol–water partition coefficient (Wildman–Crippen LogP) is 3.27. The third kappa shape index (κ3) is 1.88. The lowest BCUT2D eigenvalue weighted by molar-refractivity contribution is 0.607. The minimum Gasteiger partial charge on any atom is -0.277 e. The molecule has 1 aromatic heterocycles. The standard InChI is InChI=1S/C15H11ClN2O2S/c16-10-4-6-13-12(8-10)11-5-3-9-2-1-7-17-14(9)15(11)18-21(13,19)20/h1-3,5-8,10,18H,4H2. The van der Waals surface area contributed by atoms with Gasteiger partial charge in [0.2, 0.25) is 0 Å². The van der Waals surface area contributed by atoms with Crippen LogP contribution in [0, 0.1) is 0 Å². The zero-order chi connectivity index (χ0) is 14.6. The van der Waals surface area contributed by atoms with Crippen LogP contribution < -0.4 is 4.72 Å². The fraction of sp³-hybridized carbons (Fsp3) is 0.133. The molecule has 6 heteroatoms. The van der Waals surface area contributed by atoms with Gasteiger partial charge in [0.25, 0.3) is 10.0 Å². The van der Waals surface area contributed by atoms with E-state index in [-0.39, 0.29) is 5.38 Å². The molecule has 2 heterocycles. The number of halogens is 1. The molecule has 4 nitrogen and oxygen atoms in total. The van der Waals surface area contributed by atoms with Crippen LogP contribution in [0.25, 0.3) is 16.5 Å². The van der Waals surface area contributed by atoms with Crippen molar-refractivity contribution in [3.05, 3.63) is 53.1 Å². The number of fused-ring (bicyclic) bond motifs is 5. The van der Waals surface area contributed by atoms with Crippen molar-refractivity contribution in [1.82, 2.24) is 4.98 Å². The van der Waals surface area contributed by atoms with E-state index in [1.807, 2.05) is 30.3 Å². The minimum atomic E-state index is -3.57. The Kier molecular flexibility index (Phi) is 2.65. The first-order valence-corrected chi connectivity index (χ1v) is 8.45. The van der Waals surface area contributed by atoms with Gasteiger partial charge in [0.15, 0.2) is 0 Å². The van der Waals surface area contributed by atoms with Crippen molar-refractivity contribution in [3.63, 3.8) is 0 Å². The molecule has 1 unspecified atom stereocenters. The van der Waals surface area contributed by atoms with Crippen molar-refractivity contribution in [2.75, 3.05) is 4.72 Å². The largest absolute Gasteiger partial charge is 0.277 e. The molecule has 1 aliphatic carbocycles. The summed E-state index contributed by atoms with van der Waals surface area (Å²) >= 11 is 6.16. The number of nitrogens with one attached hydrogen (secondary N) is 1. The molecule has 1 aliphatic heterocycles. The van der Waals surface area contributed by atoms with Crippen LogP contribution in [0.5, 0.6) is 0 Å². The lowest BCUT2D eigenvalue weighted by Crippen LogP contribution is -2.24. The van der Waals surface area contributed by atoms with Gasteiger partial charge in [0.1, 0.15) is 0 Å². The number of pyridine rings is 1. The van der Waals surface area contributed by atoms with Gasteiger partial charge in [-0.2, -0.15) is 0 Å². The number of benzene rings is 1. The summed E-state index contributed by atoms with van der Waals surface area (Å²) < 4.78 is 27.5. The molecular formula is C15H11ClN2O2S. The molecule has 4 rings (SSSR count). The normalized spacial score (nSPS) is 22.6. The zero-order valence-corrected chi connectivity index (χ0v) is 12.4. The number of nitrogens with zero attached hydrogens (tertiary/aromatic N) is 1. The first kappa shape index (κ1) is 12.9. The first-order chi connectivity index (χ1) is 10.1. The van der Waals surface area contributed by atoms with Crippen molar-refractivity contribution in [3.8, 4) is 0 Å². The third-order valence-electron chi connectivity index (χ3n) is 3.73. The van der Waals surface area contributed by atoms with E-state index in [1.54, 1.807) is 12.3 Å². The quantitative estimate of drug-likeness (QED) is 0.758. The number of aromatic nitrogens is 1. The van der Waals surface area contributed by atoms with Crippen molar-refractivity contribution in [2.24, 2.45) is 0 Å². The molecule has 2 aliphatic rings. The molecule has 0 bridgehead atoms. The van der Waals surface area contributed by atoms with Gasteiger partial charge in [0, 0.05) is 22.7 Å². The molecule has 0 saturated carbocycles. The predicted molar refractivity (Wildman–Crippen MR) is 84.6 cm³/mol. The second-order valence-electron chi connectivity index (χ2n) is 5.07. The van der Waals surface area contributed by atoms with Crippen LogP contribution in [-0.2, 0) is 10.0 Å². The van der Waals surface area contributed by atoms with Gasteiger partial charge in [-0.05, 0) is 12.5 Å². The zero-order valence-electron chi connectivity index (χ0n) is 10.9. The maximum atomic E-state index is 12.4. The van der Waals surface area contributed by atoms with Gasteiger partial charge in [-0.15, -0.1) is 11.6 Å². The maximum Gasteiger partial charge on any atom is 0.262 e. The summed E-state index contributed by atoms with van der Waals surface area (Å²) in [5.41, 5.74) is 2.67. The van der Waals surface area contributed by atoms with Gasteiger partial charge in [-0.1, -0.05) is 30.4 Å². The Bertz CT molecular complexity index is 932. The molecule has 0 saturated heterocycles. The van der Waals surface area contributed by atoms with E-state index >= 15 is 0 Å². The van der Waals surface area contributed by atoms with E-state index < -0.39 is 10.0 Å². The van der Waals surface area contributed by atoms with Gasteiger partial charge in [-0.3, -0.25) is 9.71 Å². The van der Waals surface area contributed by atoms with Crippen LogP contribution in [0.2, 0.25) is 0 Å². The van der Waals surface area contributed by atoms with Crippen molar-refractivity contribution >= 4 is 43.8 Å². The summed E-state index contributed by atoms with van der Waals surface area (Å²) in [6.45, 7) is 0. The lowest BCUT2D eigenvalue weighted by atomic mass is 9.96. The van der Waals surface area contributed by atoms with E-state index in [9.17, 15) is 8.42 Å². The van der Waals surface area contributed by atoms with Gasteiger partial charge < -0.3 is 0 Å². The molecule has 0 amide bonds. The smallest absolute Gasteiger partial charge is 0.262 e. The highest BCUT2D eigenvalue weighted by molar-refractivity contribution is 7.97. The van der Waals surface area contributed by atoms with Crippen LogP contribution in [0.4, 0.5) is 5.69 Å². The minimum absolute atomic E-state index is 0.190. The van der Waals surface area contributed by atoms with E-state index in [4.69, 9.17) is 11.6 Å². The topological polar surface area (TPSA) is 59.1 Å². The second kappa shape index (κ2) is 4.32. The van der Waals surface area contributed by atoms with Gasteiger partial charge >= 0.3 is 0 Å². The molecule has 1 aromatic carbocycles. The Morgan fingerprint density at radius 3 is 3.00 bits per heavy atom. The summed E-state index contributed by atoms with van der Waals surface area (Å²) in [5, 5.41) is 0.703. The summed E-state index contributed by atoms with van der Waals surface area (Å²) in [7, 11) is -3.57. The van der Waals surface area contributed by atoms with Crippen molar-refractivity contribution in [1.29, 1.82) is 0 Å². The Morgan fingerprint density at radius 1 is 1.29 bits per heavy atom. The van der Waals surface area contributed by atoms with Crippen molar-refractivity contribution < 1.29 is 8.42 Å². The molecule has 0 fully saturated rings. The molecule has 21 heavy (non-hydrogen) atoms. The molecule has 1 atom stereocenters. The Morgan fingerprint density at radius 2 is 2.14 bits per heavy atom. The maximum absolute atomic E-state index is 12.4. The summed E-state index contributed by atoms with van der Waals surface area (Å²) in [5.74, 6) is 0. The highest BCUT2D eigenvalue weighted by Gasteiger charge is 2.33. The molecular weight excluding hydrogens is 308 g/mol. The summed E-state index contributed by atoms with van der Waals surface area (Å²) in [6.07, 6.45) is 5.66. The van der Waals surface area contributed by atoms with Crippen LogP contribution in [0.15, 0.2) is 47.5 Å². The molecule has 2 aromatic rings. The average molecular weight is 319 g/mol. The highest BCUT2D eigenvalue weighted by atomic mass is 35.5. The van der Waals surface area contributed by atoms with Crippen LogP contribution in [0.1, 0.15) is 12.0 Å². The number of rotatable bonds is 0. The van der Waals surface area contributed by atoms with E-state index in [1.165, 1.54) is 0 Å². The van der Waals surface area contributed by atoms with E-state index in [0.29, 0.717) is 28.1 Å². The van der Waals surface area contributed by atoms with Gasteiger partial charge in [-0.25, -0.2) is 8.42 Å². The number of anilines is 1. The molecule has 0 radical (unpaired) electrons. The Labute approximate surface area is 127 Å². The molecule has 106 valence electrons. The SMILES string of the molecule is O=S1(=O)Nc2c(ccc3cccnc23)C2=CC(Cl)CC=C21. The third-order valence-corrected chi connectivity index (χ3v) is 5.47. The monoisotopic (exact) mass is 318 g/mol.